The van der Waals surface area contributed by atoms with Gasteiger partial charge in [-0.15, -0.1) is 10.2 Å². The number of hydrogen-bond donors (Lipinski definition) is 0. The monoisotopic (exact) mass is 572 g/mol. The van der Waals surface area contributed by atoms with Gasteiger partial charge in [-0.1, -0.05) is 86.0 Å². The third-order valence-electron chi connectivity index (χ3n) is 9.55. The Morgan fingerprint density at radius 2 is 1.16 bits per heavy atom. The Hall–Kier alpha value is -5.16. The molecule has 3 aromatic heterocycles. The standard InChI is InChI=1S/C39H32N4O/c1-25-12-11-21-36-37(25)32-17-7-10-20-35(32)43(36)29-23-27(39-41-40-38(44-39)26-13-3-2-4-14-26)22-28(24-29)42-33-18-8-5-15-30(33)31-16-6-9-19-34(31)42/h5-12,15-24,26H,2-4,13-14H2,1H3. The van der Waals surface area contributed by atoms with E-state index in [0.29, 0.717) is 11.8 Å². The summed E-state index contributed by atoms with van der Waals surface area (Å²) in [6.45, 7) is 2.20. The summed E-state index contributed by atoms with van der Waals surface area (Å²) >= 11 is 0. The number of fused-ring (bicyclic) bond motifs is 6. The predicted octanol–water partition coefficient (Wildman–Crippen LogP) is 10.3. The third kappa shape index (κ3) is 3.85. The van der Waals surface area contributed by atoms with Gasteiger partial charge in [0.25, 0.3) is 0 Å². The fourth-order valence-corrected chi connectivity index (χ4v) is 7.52. The lowest BCUT2D eigenvalue weighted by Gasteiger charge is -2.17. The number of rotatable bonds is 4. The number of nitrogens with zero attached hydrogens (tertiary/aromatic N) is 4. The Balaban J connectivity index is 1.34. The molecule has 1 aliphatic rings. The van der Waals surface area contributed by atoms with E-state index < -0.39 is 0 Å². The molecule has 1 fully saturated rings. The van der Waals surface area contributed by atoms with E-state index in [-0.39, 0.29) is 0 Å². The van der Waals surface area contributed by atoms with Crippen molar-refractivity contribution in [3.63, 3.8) is 0 Å². The molecule has 44 heavy (non-hydrogen) atoms. The SMILES string of the molecule is Cc1cccc2c1c1ccccc1n2-c1cc(-c2nnc(C3CCCCC3)o2)cc(-n2c3ccccc3c3ccccc32)c1. The van der Waals surface area contributed by atoms with Gasteiger partial charge in [0.15, 0.2) is 0 Å². The smallest absolute Gasteiger partial charge is 0.247 e. The van der Waals surface area contributed by atoms with E-state index >= 15 is 0 Å². The van der Waals surface area contributed by atoms with Crippen LogP contribution in [0.5, 0.6) is 0 Å². The summed E-state index contributed by atoms with van der Waals surface area (Å²) in [4.78, 5) is 0. The molecule has 214 valence electrons. The zero-order valence-electron chi connectivity index (χ0n) is 24.7. The summed E-state index contributed by atoms with van der Waals surface area (Å²) in [6.07, 6.45) is 5.98. The largest absolute Gasteiger partial charge is 0.420 e. The fraction of sp³-hybridized carbons (Fsp3) is 0.179. The van der Waals surface area contributed by atoms with Crippen LogP contribution in [-0.4, -0.2) is 19.3 Å². The minimum Gasteiger partial charge on any atom is -0.420 e. The van der Waals surface area contributed by atoms with Crippen molar-refractivity contribution in [3.05, 3.63) is 121 Å². The Morgan fingerprint density at radius 1 is 0.591 bits per heavy atom. The zero-order chi connectivity index (χ0) is 29.2. The molecule has 0 bridgehead atoms. The van der Waals surface area contributed by atoms with Crippen molar-refractivity contribution in [2.75, 3.05) is 0 Å². The highest BCUT2D eigenvalue weighted by atomic mass is 16.4. The molecule has 0 radical (unpaired) electrons. The second-order valence-electron chi connectivity index (χ2n) is 12.2. The molecule has 0 atom stereocenters. The summed E-state index contributed by atoms with van der Waals surface area (Å²) in [5.74, 6) is 1.70. The first kappa shape index (κ1) is 25.3. The van der Waals surface area contributed by atoms with Crippen molar-refractivity contribution in [1.29, 1.82) is 0 Å². The van der Waals surface area contributed by atoms with Crippen LogP contribution in [0.25, 0.3) is 66.4 Å². The quantitative estimate of drug-likeness (QED) is 0.211. The van der Waals surface area contributed by atoms with Gasteiger partial charge in [0, 0.05) is 44.4 Å². The molecule has 1 aliphatic carbocycles. The van der Waals surface area contributed by atoms with Gasteiger partial charge in [-0.05, 0) is 67.8 Å². The normalized spacial score (nSPS) is 14.4. The van der Waals surface area contributed by atoms with Crippen LogP contribution in [0.4, 0.5) is 0 Å². The molecule has 3 heterocycles. The van der Waals surface area contributed by atoms with Crippen LogP contribution in [-0.2, 0) is 0 Å². The van der Waals surface area contributed by atoms with E-state index in [2.05, 4.69) is 135 Å². The molecule has 0 unspecified atom stereocenters. The van der Waals surface area contributed by atoms with Gasteiger partial charge in [0.05, 0.1) is 22.1 Å². The van der Waals surface area contributed by atoms with Crippen molar-refractivity contribution in [2.24, 2.45) is 0 Å². The highest BCUT2D eigenvalue weighted by molar-refractivity contribution is 6.11. The Kier molecular flexibility index (Phi) is 5.73. The molecule has 5 nitrogen and oxygen atoms in total. The lowest BCUT2D eigenvalue weighted by molar-refractivity contribution is 0.367. The first-order valence-electron chi connectivity index (χ1n) is 15.7. The first-order valence-corrected chi connectivity index (χ1v) is 15.7. The summed E-state index contributed by atoms with van der Waals surface area (Å²) in [5, 5.41) is 14.2. The number of aryl methyl sites for hydroxylation is 1. The van der Waals surface area contributed by atoms with Crippen LogP contribution >= 0.6 is 0 Å². The molecule has 0 aliphatic heterocycles. The number of hydrogen-bond acceptors (Lipinski definition) is 3. The maximum Gasteiger partial charge on any atom is 0.247 e. The first-order chi connectivity index (χ1) is 21.7. The minimum absolute atomic E-state index is 0.352. The van der Waals surface area contributed by atoms with E-state index in [0.717, 1.165) is 35.7 Å². The summed E-state index contributed by atoms with van der Waals surface area (Å²) in [6, 6.07) is 39.3. The Labute approximate surface area is 255 Å². The van der Waals surface area contributed by atoms with Crippen LogP contribution in [0.1, 0.15) is 49.5 Å². The van der Waals surface area contributed by atoms with E-state index in [1.54, 1.807) is 0 Å². The molecule has 8 aromatic rings. The van der Waals surface area contributed by atoms with Gasteiger partial charge < -0.3 is 13.6 Å². The molecule has 0 saturated heterocycles. The Bertz CT molecular complexity index is 2290. The molecule has 5 heteroatoms. The van der Waals surface area contributed by atoms with Crippen molar-refractivity contribution in [1.82, 2.24) is 19.3 Å². The summed E-state index contributed by atoms with van der Waals surface area (Å²) in [7, 11) is 0. The van der Waals surface area contributed by atoms with E-state index in [9.17, 15) is 0 Å². The molecule has 1 saturated carbocycles. The van der Waals surface area contributed by atoms with Crippen LogP contribution in [0.2, 0.25) is 0 Å². The van der Waals surface area contributed by atoms with Gasteiger partial charge >= 0.3 is 0 Å². The van der Waals surface area contributed by atoms with E-state index in [1.165, 1.54) is 68.4 Å². The van der Waals surface area contributed by atoms with Crippen LogP contribution in [0, 0.1) is 6.92 Å². The second-order valence-corrected chi connectivity index (χ2v) is 12.2. The van der Waals surface area contributed by atoms with Crippen LogP contribution in [0.3, 0.4) is 0 Å². The van der Waals surface area contributed by atoms with Crippen molar-refractivity contribution in [3.8, 4) is 22.8 Å². The highest BCUT2D eigenvalue weighted by Gasteiger charge is 2.23. The van der Waals surface area contributed by atoms with Gasteiger partial charge in [0.1, 0.15) is 0 Å². The van der Waals surface area contributed by atoms with Gasteiger partial charge in [-0.3, -0.25) is 0 Å². The fourth-order valence-electron chi connectivity index (χ4n) is 7.52. The molecule has 5 aromatic carbocycles. The second kappa shape index (κ2) is 9.95. The van der Waals surface area contributed by atoms with E-state index in [4.69, 9.17) is 4.42 Å². The molecule has 0 spiro atoms. The average Bonchev–Trinajstić information content (AvgIpc) is 3.79. The molecular formula is C39H32N4O. The van der Waals surface area contributed by atoms with Crippen molar-refractivity contribution in [2.45, 2.75) is 44.9 Å². The number of para-hydroxylation sites is 3. The topological polar surface area (TPSA) is 48.8 Å². The van der Waals surface area contributed by atoms with Gasteiger partial charge in [-0.25, -0.2) is 0 Å². The van der Waals surface area contributed by atoms with Gasteiger partial charge in [-0.2, -0.15) is 0 Å². The third-order valence-corrected chi connectivity index (χ3v) is 9.55. The summed E-state index contributed by atoms with van der Waals surface area (Å²) in [5.41, 5.74) is 9.02. The van der Waals surface area contributed by atoms with Crippen LogP contribution < -0.4 is 0 Å². The molecular weight excluding hydrogens is 540 g/mol. The molecule has 9 rings (SSSR count). The molecule has 0 N–H and O–H groups in total. The zero-order valence-corrected chi connectivity index (χ0v) is 24.7. The van der Waals surface area contributed by atoms with Crippen molar-refractivity contribution >= 4 is 43.6 Å². The summed E-state index contributed by atoms with van der Waals surface area (Å²) < 4.78 is 11.2. The lowest BCUT2D eigenvalue weighted by Crippen LogP contribution is -2.04. The lowest BCUT2D eigenvalue weighted by atomic mass is 9.89. The van der Waals surface area contributed by atoms with Crippen molar-refractivity contribution < 1.29 is 4.42 Å². The number of aromatic nitrogens is 4. The van der Waals surface area contributed by atoms with E-state index in [1.807, 2.05) is 0 Å². The average molecular weight is 573 g/mol. The predicted molar refractivity (Wildman–Crippen MR) is 179 cm³/mol. The minimum atomic E-state index is 0.352. The number of benzene rings is 5. The maximum absolute atomic E-state index is 6.48. The maximum atomic E-state index is 6.48. The highest BCUT2D eigenvalue weighted by Crippen LogP contribution is 2.39. The van der Waals surface area contributed by atoms with Crippen LogP contribution in [0.15, 0.2) is 114 Å². The molecule has 0 amide bonds. The Morgan fingerprint density at radius 3 is 1.84 bits per heavy atom. The van der Waals surface area contributed by atoms with Gasteiger partial charge in [0.2, 0.25) is 11.8 Å².